The number of aryl methyl sites for hydroxylation is 1. The number of fused-ring (bicyclic) bond motifs is 1. The van der Waals surface area contributed by atoms with Crippen LogP contribution in [0, 0.1) is 24.7 Å². The summed E-state index contributed by atoms with van der Waals surface area (Å²) >= 11 is 0. The lowest BCUT2D eigenvalue weighted by molar-refractivity contribution is 0.0731. The zero-order chi connectivity index (χ0) is 20.3. The van der Waals surface area contributed by atoms with Gasteiger partial charge < -0.3 is 10.4 Å². The summed E-state index contributed by atoms with van der Waals surface area (Å²) in [6.07, 6.45) is 2.75. The van der Waals surface area contributed by atoms with Crippen molar-refractivity contribution >= 4 is 21.7 Å². The molecule has 0 unspecified atom stereocenters. The fraction of sp³-hybridized carbons (Fsp3) is 0.450. The summed E-state index contributed by atoms with van der Waals surface area (Å²) in [7, 11) is -3.80. The van der Waals surface area contributed by atoms with Crippen LogP contribution < -0.4 is 5.32 Å². The molecule has 8 nitrogen and oxygen atoms in total. The van der Waals surface area contributed by atoms with Gasteiger partial charge in [0.2, 0.25) is 10.0 Å². The molecule has 2 N–H and O–H groups in total. The number of hydrogen-bond donors (Lipinski definition) is 2. The monoisotopic (exact) mass is 414 g/mol. The molecule has 1 aromatic carbocycles. The molecule has 2 bridgehead atoms. The largest absolute Gasteiger partial charge is 0.391 e. The average Bonchev–Trinajstić information content (AvgIpc) is 3.31. The van der Waals surface area contributed by atoms with E-state index >= 15 is 0 Å². The maximum absolute atomic E-state index is 13.3. The third-order valence-corrected chi connectivity index (χ3v) is 8.38. The number of sulfonamides is 1. The number of aliphatic hydroxyl groups excluding tert-OH is 1. The Morgan fingerprint density at radius 1 is 1.24 bits per heavy atom. The van der Waals surface area contributed by atoms with Gasteiger partial charge >= 0.3 is 0 Å². The van der Waals surface area contributed by atoms with Crippen molar-refractivity contribution in [2.24, 2.45) is 17.8 Å². The van der Waals surface area contributed by atoms with Crippen molar-refractivity contribution in [3.63, 3.8) is 0 Å². The first-order valence-electron chi connectivity index (χ1n) is 9.75. The second kappa shape index (κ2) is 6.58. The van der Waals surface area contributed by atoms with Gasteiger partial charge in [0.05, 0.1) is 17.0 Å². The van der Waals surface area contributed by atoms with E-state index in [1.807, 2.05) is 0 Å². The standard InChI is InChI=1S/C20H22N4O4S/c1-11-21-6-5-17(22-11)23-20(26)12-3-2-4-15(8-12)29(27,28)24-10-14-7-13-9-16(14)18(24)19(13)25/h2-6,8,13-14,16,18-19,25H,7,9-10H2,1H3,(H,21,22,23,26)/t13-,14-,16+,18-,19-/m0/s1. The number of benzene rings is 1. The summed E-state index contributed by atoms with van der Waals surface area (Å²) < 4.78 is 28.1. The fourth-order valence-corrected chi connectivity index (χ4v) is 7.07. The number of hydrogen-bond acceptors (Lipinski definition) is 6. The Labute approximate surface area is 169 Å². The summed E-state index contributed by atoms with van der Waals surface area (Å²) in [4.78, 5) is 20.8. The minimum atomic E-state index is -3.80. The molecule has 1 saturated heterocycles. The maximum atomic E-state index is 13.3. The molecule has 0 radical (unpaired) electrons. The number of aliphatic hydroxyl groups is 1. The third-order valence-electron chi connectivity index (χ3n) is 6.52. The van der Waals surface area contributed by atoms with Crippen LogP contribution in [0.15, 0.2) is 41.4 Å². The van der Waals surface area contributed by atoms with E-state index in [9.17, 15) is 18.3 Å². The van der Waals surface area contributed by atoms with E-state index in [1.165, 1.54) is 16.4 Å². The molecular formula is C20H22N4O4S. The minimum absolute atomic E-state index is 0.0703. The molecule has 2 aromatic rings. The Bertz CT molecular complexity index is 1090. The van der Waals surface area contributed by atoms with Crippen LogP contribution in [-0.2, 0) is 10.0 Å². The van der Waals surface area contributed by atoms with Crippen LogP contribution in [0.4, 0.5) is 5.82 Å². The molecular weight excluding hydrogens is 392 g/mol. The minimum Gasteiger partial charge on any atom is -0.391 e. The van der Waals surface area contributed by atoms with Crippen molar-refractivity contribution in [3.8, 4) is 0 Å². The maximum Gasteiger partial charge on any atom is 0.256 e. The van der Waals surface area contributed by atoms with Crippen molar-refractivity contribution in [2.75, 3.05) is 11.9 Å². The molecule has 2 saturated carbocycles. The fourth-order valence-electron chi connectivity index (χ4n) is 5.28. The van der Waals surface area contributed by atoms with Gasteiger partial charge in [-0.25, -0.2) is 18.4 Å². The summed E-state index contributed by atoms with van der Waals surface area (Å²) in [5.41, 5.74) is 0.231. The number of aromatic nitrogens is 2. The van der Waals surface area contributed by atoms with Crippen molar-refractivity contribution in [1.82, 2.24) is 14.3 Å². The normalized spacial score (nSPS) is 30.6. The Morgan fingerprint density at radius 3 is 2.83 bits per heavy atom. The first kappa shape index (κ1) is 18.7. The summed E-state index contributed by atoms with van der Waals surface area (Å²) in [5, 5.41) is 13.2. The van der Waals surface area contributed by atoms with Gasteiger partial charge in [-0.15, -0.1) is 0 Å². The molecule has 5 atom stereocenters. The summed E-state index contributed by atoms with van der Waals surface area (Å²) in [5.74, 6) is 1.22. The van der Waals surface area contributed by atoms with Gasteiger partial charge in [-0.1, -0.05) is 6.07 Å². The Kier molecular flexibility index (Phi) is 4.23. The van der Waals surface area contributed by atoms with Gasteiger partial charge in [-0.2, -0.15) is 4.31 Å². The number of nitrogens with one attached hydrogen (secondary N) is 1. The predicted octanol–water partition coefficient (Wildman–Crippen LogP) is 1.43. The first-order valence-corrected chi connectivity index (χ1v) is 11.2. The van der Waals surface area contributed by atoms with Crippen LogP contribution >= 0.6 is 0 Å². The summed E-state index contributed by atoms with van der Waals surface area (Å²) in [6, 6.07) is 7.24. The lowest BCUT2D eigenvalue weighted by atomic mass is 9.88. The van der Waals surface area contributed by atoms with Crippen LogP contribution in [-0.4, -0.2) is 52.4 Å². The van der Waals surface area contributed by atoms with Gasteiger partial charge in [-0.3, -0.25) is 4.79 Å². The molecule has 2 heterocycles. The predicted molar refractivity (Wildman–Crippen MR) is 105 cm³/mol. The van der Waals surface area contributed by atoms with Crippen molar-refractivity contribution in [3.05, 3.63) is 47.9 Å². The van der Waals surface area contributed by atoms with Crippen LogP contribution in [0.3, 0.4) is 0 Å². The zero-order valence-corrected chi connectivity index (χ0v) is 16.7. The van der Waals surface area contributed by atoms with Crippen LogP contribution in [0.2, 0.25) is 0 Å². The zero-order valence-electron chi connectivity index (χ0n) is 15.9. The van der Waals surface area contributed by atoms with E-state index in [0.29, 0.717) is 24.1 Å². The molecule has 3 aliphatic rings. The summed E-state index contributed by atoms with van der Waals surface area (Å²) in [6.45, 7) is 2.16. The van der Waals surface area contributed by atoms with Crippen LogP contribution in [0.25, 0.3) is 0 Å². The molecule has 1 amide bonds. The number of carbonyl (C=O) groups excluding carboxylic acids is 1. The molecule has 1 aromatic heterocycles. The van der Waals surface area contributed by atoms with Crippen LogP contribution in [0.1, 0.15) is 29.0 Å². The Morgan fingerprint density at radius 2 is 2.07 bits per heavy atom. The van der Waals surface area contributed by atoms with Crippen LogP contribution in [0.5, 0.6) is 0 Å². The highest BCUT2D eigenvalue weighted by Gasteiger charge is 2.61. The molecule has 2 aliphatic carbocycles. The van der Waals surface area contributed by atoms with E-state index in [0.717, 1.165) is 12.8 Å². The molecule has 1 aliphatic heterocycles. The molecule has 9 heteroatoms. The number of nitrogens with zero attached hydrogens (tertiary/aromatic N) is 3. The Hall–Kier alpha value is -2.36. The highest BCUT2D eigenvalue weighted by molar-refractivity contribution is 7.89. The van der Waals surface area contributed by atoms with E-state index in [4.69, 9.17) is 0 Å². The van der Waals surface area contributed by atoms with Gasteiger partial charge in [0.1, 0.15) is 11.6 Å². The number of carbonyl (C=O) groups is 1. The van der Waals surface area contributed by atoms with E-state index in [1.54, 1.807) is 31.3 Å². The molecule has 5 rings (SSSR count). The topological polar surface area (TPSA) is 112 Å². The van der Waals surface area contributed by atoms with Crippen molar-refractivity contribution in [2.45, 2.75) is 36.8 Å². The number of rotatable bonds is 4. The van der Waals surface area contributed by atoms with E-state index in [2.05, 4.69) is 15.3 Å². The highest BCUT2D eigenvalue weighted by Crippen LogP contribution is 2.56. The third kappa shape index (κ3) is 2.95. The highest BCUT2D eigenvalue weighted by atomic mass is 32.2. The number of amides is 1. The Balaban J connectivity index is 1.41. The number of anilines is 1. The molecule has 29 heavy (non-hydrogen) atoms. The van der Waals surface area contributed by atoms with Gasteiger partial charge in [0.25, 0.3) is 5.91 Å². The quantitative estimate of drug-likeness (QED) is 0.783. The lowest BCUT2D eigenvalue weighted by Gasteiger charge is -2.28. The lowest BCUT2D eigenvalue weighted by Crippen LogP contribution is -2.43. The van der Waals surface area contributed by atoms with E-state index < -0.39 is 22.0 Å². The molecule has 0 spiro atoms. The van der Waals surface area contributed by atoms with E-state index in [-0.39, 0.29) is 28.3 Å². The second-order valence-electron chi connectivity index (χ2n) is 8.18. The van der Waals surface area contributed by atoms with Gasteiger partial charge in [-0.05, 0) is 61.8 Å². The van der Waals surface area contributed by atoms with Gasteiger partial charge in [0, 0.05) is 18.3 Å². The SMILES string of the molecule is Cc1nccc(NC(=O)c2cccc(S(=O)(=O)N3C[C@@H]4C[C@H]5C[C@H]4[C@H]3[C@H]5O)c2)n1. The first-order chi connectivity index (χ1) is 13.8. The molecule has 152 valence electrons. The average molecular weight is 414 g/mol. The van der Waals surface area contributed by atoms with Crippen molar-refractivity contribution in [1.29, 1.82) is 0 Å². The smallest absolute Gasteiger partial charge is 0.256 e. The molecule has 3 fully saturated rings. The van der Waals surface area contributed by atoms with Crippen molar-refractivity contribution < 1.29 is 18.3 Å². The second-order valence-corrected chi connectivity index (χ2v) is 10.1. The van der Waals surface area contributed by atoms with Gasteiger partial charge in [0.15, 0.2) is 0 Å².